The van der Waals surface area contributed by atoms with Crippen molar-refractivity contribution < 1.29 is 19.4 Å². The molecule has 0 spiro atoms. The number of hydrogen-bond acceptors (Lipinski definition) is 5. The lowest BCUT2D eigenvalue weighted by Crippen LogP contribution is -2.48. The monoisotopic (exact) mass is 288 g/mol. The maximum atomic E-state index is 12.9. The number of amides is 2. The zero-order valence-corrected chi connectivity index (χ0v) is 11.9. The molecule has 3 aliphatic rings. The quantitative estimate of drug-likeness (QED) is 0.786. The van der Waals surface area contributed by atoms with E-state index in [1.165, 1.54) is 12.3 Å². The van der Waals surface area contributed by atoms with Gasteiger partial charge in [-0.2, -0.15) is 0 Å². The highest BCUT2D eigenvalue weighted by atomic mass is 16.5. The second-order valence-electron chi connectivity index (χ2n) is 6.39. The average Bonchev–Trinajstić information content (AvgIpc) is 3.07. The summed E-state index contributed by atoms with van der Waals surface area (Å²) in [5, 5.41) is 9.95. The summed E-state index contributed by atoms with van der Waals surface area (Å²) in [6.07, 6.45) is 2.56. The summed E-state index contributed by atoms with van der Waals surface area (Å²) in [6.45, 7) is 3.61. The third-order valence-corrected chi connectivity index (χ3v) is 5.66. The fourth-order valence-electron chi connectivity index (χ4n) is 4.19. The molecule has 2 amide bonds. The fourth-order valence-corrected chi connectivity index (χ4v) is 4.19. The van der Waals surface area contributed by atoms with Crippen molar-refractivity contribution in [3.63, 3.8) is 0 Å². The zero-order valence-electron chi connectivity index (χ0n) is 11.9. The molecule has 0 aromatic carbocycles. The number of anilines is 1. The lowest BCUT2D eigenvalue weighted by molar-refractivity contribution is -0.132. The number of hydrogen-bond donors (Lipinski definition) is 1. The molecule has 4 heterocycles. The predicted molar refractivity (Wildman–Crippen MR) is 72.5 cm³/mol. The molecule has 4 rings (SSSR count). The molecule has 0 radical (unpaired) electrons. The van der Waals surface area contributed by atoms with E-state index in [9.17, 15) is 14.7 Å². The van der Waals surface area contributed by atoms with Gasteiger partial charge in [-0.1, -0.05) is 0 Å². The van der Waals surface area contributed by atoms with Gasteiger partial charge in [0.1, 0.15) is 0 Å². The lowest BCUT2D eigenvalue weighted by atomic mass is 9.59. The number of ether oxygens (including phenoxy) is 1. The highest BCUT2D eigenvalue weighted by molar-refractivity contribution is 6.26. The van der Waals surface area contributed by atoms with E-state index in [4.69, 9.17) is 4.74 Å². The molecule has 1 N–H and O–H groups in total. The van der Waals surface area contributed by atoms with Crippen LogP contribution >= 0.6 is 0 Å². The first kappa shape index (κ1) is 12.8. The number of pyridine rings is 1. The summed E-state index contributed by atoms with van der Waals surface area (Å²) >= 11 is 0. The molecule has 1 aromatic heterocycles. The summed E-state index contributed by atoms with van der Waals surface area (Å²) in [6, 6.07) is 2.98. The van der Waals surface area contributed by atoms with Crippen molar-refractivity contribution in [2.24, 2.45) is 10.8 Å². The third-order valence-electron chi connectivity index (χ3n) is 5.66. The van der Waals surface area contributed by atoms with Crippen LogP contribution in [0.15, 0.2) is 18.3 Å². The van der Waals surface area contributed by atoms with Gasteiger partial charge in [0.25, 0.3) is 0 Å². The average molecular weight is 288 g/mol. The molecule has 110 valence electrons. The first-order valence-electron chi connectivity index (χ1n) is 7.11. The van der Waals surface area contributed by atoms with E-state index in [2.05, 4.69) is 4.98 Å². The molecule has 3 fully saturated rings. The molecule has 21 heavy (non-hydrogen) atoms. The van der Waals surface area contributed by atoms with E-state index >= 15 is 0 Å². The van der Waals surface area contributed by atoms with Crippen molar-refractivity contribution in [3.05, 3.63) is 18.3 Å². The Morgan fingerprint density at radius 3 is 2.33 bits per heavy atom. The first-order valence-corrected chi connectivity index (χ1v) is 7.11. The van der Waals surface area contributed by atoms with Crippen LogP contribution < -0.4 is 4.90 Å². The number of carbonyl (C=O) groups excluding carboxylic acids is 2. The maximum Gasteiger partial charge on any atom is 0.244 e. The SMILES string of the molecule is C[C@@]12C(=O)N(c3ncccc3O)C(=O)[C@]1(C)[C@H]1CC[C@@H]2O1. The van der Waals surface area contributed by atoms with Crippen molar-refractivity contribution in [1.29, 1.82) is 0 Å². The fraction of sp³-hybridized carbons (Fsp3) is 0.533. The first-order chi connectivity index (χ1) is 9.92. The number of fused-ring (bicyclic) bond motifs is 5. The topological polar surface area (TPSA) is 79.7 Å². The molecule has 4 atom stereocenters. The molecule has 6 nitrogen and oxygen atoms in total. The van der Waals surface area contributed by atoms with Gasteiger partial charge >= 0.3 is 0 Å². The molecule has 1 aromatic rings. The van der Waals surface area contributed by atoms with Gasteiger partial charge in [-0.05, 0) is 38.8 Å². The van der Waals surface area contributed by atoms with Crippen molar-refractivity contribution >= 4 is 17.6 Å². The minimum atomic E-state index is -0.878. The summed E-state index contributed by atoms with van der Waals surface area (Å²) in [7, 11) is 0. The van der Waals surface area contributed by atoms with Gasteiger partial charge in [-0.15, -0.1) is 0 Å². The molecule has 2 bridgehead atoms. The maximum absolute atomic E-state index is 12.9. The standard InChI is InChI=1S/C15H16N2O4/c1-14-9-5-6-10(21-9)15(14,2)13(20)17(12(14)19)11-8(18)4-3-7-16-11/h3-4,7,9-10,18H,5-6H2,1-2H3/t9-,10+,14+,15-. The summed E-state index contributed by atoms with van der Waals surface area (Å²) < 4.78 is 5.85. The summed E-state index contributed by atoms with van der Waals surface area (Å²) in [5.74, 6) is -0.796. The van der Waals surface area contributed by atoms with Gasteiger partial charge < -0.3 is 9.84 Å². The normalized spacial score (nSPS) is 41.0. The minimum Gasteiger partial charge on any atom is -0.504 e. The van der Waals surface area contributed by atoms with Gasteiger partial charge in [0.05, 0.1) is 23.0 Å². The molecule has 6 heteroatoms. The second kappa shape index (κ2) is 3.62. The number of imide groups is 1. The van der Waals surface area contributed by atoms with Crippen molar-refractivity contribution in [2.75, 3.05) is 4.90 Å². The predicted octanol–water partition coefficient (Wildman–Crippen LogP) is 1.23. The highest BCUT2D eigenvalue weighted by Crippen LogP contribution is 2.64. The number of aromatic nitrogens is 1. The number of nitrogens with zero attached hydrogens (tertiary/aromatic N) is 2. The largest absolute Gasteiger partial charge is 0.504 e. The van der Waals surface area contributed by atoms with Crippen molar-refractivity contribution in [3.8, 4) is 5.75 Å². The smallest absolute Gasteiger partial charge is 0.244 e. The van der Waals surface area contributed by atoms with Crippen LogP contribution in [0, 0.1) is 10.8 Å². The van der Waals surface area contributed by atoms with Gasteiger partial charge in [-0.3, -0.25) is 9.59 Å². The minimum absolute atomic E-state index is 0.0174. The summed E-state index contributed by atoms with van der Waals surface area (Å²) in [4.78, 5) is 30.9. The van der Waals surface area contributed by atoms with Crippen LogP contribution in [0.5, 0.6) is 5.75 Å². The number of carbonyl (C=O) groups is 2. The Morgan fingerprint density at radius 2 is 1.81 bits per heavy atom. The van der Waals surface area contributed by atoms with Crippen LogP contribution in [0.3, 0.4) is 0 Å². The third kappa shape index (κ3) is 1.17. The molecular formula is C15H16N2O4. The van der Waals surface area contributed by atoms with Gasteiger partial charge in [0.15, 0.2) is 11.6 Å². The Morgan fingerprint density at radius 1 is 1.24 bits per heavy atom. The molecule has 3 saturated heterocycles. The van der Waals surface area contributed by atoms with E-state index in [0.29, 0.717) is 0 Å². The molecular weight excluding hydrogens is 272 g/mol. The molecule has 3 aliphatic heterocycles. The Balaban J connectivity index is 1.89. The molecule has 0 saturated carbocycles. The van der Waals surface area contributed by atoms with Gasteiger partial charge in [0, 0.05) is 6.20 Å². The van der Waals surface area contributed by atoms with Gasteiger partial charge in [0.2, 0.25) is 11.8 Å². The van der Waals surface area contributed by atoms with Crippen molar-refractivity contribution in [2.45, 2.75) is 38.9 Å². The number of rotatable bonds is 1. The second-order valence-corrected chi connectivity index (χ2v) is 6.39. The van der Waals surface area contributed by atoms with E-state index in [-0.39, 0.29) is 35.6 Å². The Kier molecular flexibility index (Phi) is 2.20. The van der Waals surface area contributed by atoms with Gasteiger partial charge in [-0.25, -0.2) is 9.88 Å². The Bertz CT molecular complexity index is 641. The van der Waals surface area contributed by atoms with E-state index in [1.807, 2.05) is 0 Å². The Labute approximate surface area is 121 Å². The molecule has 0 unspecified atom stereocenters. The van der Waals surface area contributed by atoms with E-state index in [0.717, 1.165) is 17.7 Å². The molecule has 0 aliphatic carbocycles. The zero-order chi connectivity index (χ0) is 15.0. The van der Waals surface area contributed by atoms with Crippen LogP contribution in [-0.4, -0.2) is 34.1 Å². The van der Waals surface area contributed by atoms with Crippen LogP contribution in [0.2, 0.25) is 0 Å². The van der Waals surface area contributed by atoms with Crippen molar-refractivity contribution in [1.82, 2.24) is 4.98 Å². The Hall–Kier alpha value is -1.95. The van der Waals surface area contributed by atoms with E-state index < -0.39 is 10.8 Å². The summed E-state index contributed by atoms with van der Waals surface area (Å²) in [5.41, 5.74) is -1.76. The van der Waals surface area contributed by atoms with Crippen LogP contribution in [0.25, 0.3) is 0 Å². The highest BCUT2D eigenvalue weighted by Gasteiger charge is 2.77. The van der Waals surface area contributed by atoms with Crippen LogP contribution in [0.4, 0.5) is 5.82 Å². The lowest BCUT2D eigenvalue weighted by Gasteiger charge is -2.36. The number of aromatic hydroxyl groups is 1. The van der Waals surface area contributed by atoms with E-state index in [1.54, 1.807) is 19.9 Å². The van der Waals surface area contributed by atoms with Crippen LogP contribution in [0.1, 0.15) is 26.7 Å². The van der Waals surface area contributed by atoms with Crippen LogP contribution in [-0.2, 0) is 14.3 Å².